The summed E-state index contributed by atoms with van der Waals surface area (Å²) in [5.74, 6) is -0.940. The number of allylic oxidation sites excluding steroid dienone is 6. The van der Waals surface area contributed by atoms with Crippen LogP contribution >= 0.6 is 0 Å². The molecule has 0 amide bonds. The van der Waals surface area contributed by atoms with Gasteiger partial charge in [0.15, 0.2) is 18.7 Å². The molecular formula is C54H96O15. The summed E-state index contributed by atoms with van der Waals surface area (Å²) < 4.78 is 33.6. The van der Waals surface area contributed by atoms with Gasteiger partial charge in [0.2, 0.25) is 0 Å². The highest BCUT2D eigenvalue weighted by atomic mass is 16.7. The highest BCUT2D eigenvalue weighted by Crippen LogP contribution is 2.26. The van der Waals surface area contributed by atoms with E-state index in [-0.39, 0.29) is 26.1 Å². The van der Waals surface area contributed by atoms with E-state index in [2.05, 4.69) is 50.3 Å². The van der Waals surface area contributed by atoms with E-state index in [4.69, 9.17) is 28.4 Å². The number of carbonyl (C=O) groups is 2. The molecule has 2 heterocycles. The normalized spacial score (nSPS) is 25.8. The minimum absolute atomic E-state index is 0.155. The van der Waals surface area contributed by atoms with Crippen LogP contribution in [0.25, 0.3) is 0 Å². The summed E-state index contributed by atoms with van der Waals surface area (Å²) in [4.78, 5) is 25.8. The Morgan fingerprint density at radius 3 is 1.39 bits per heavy atom. The van der Waals surface area contributed by atoms with Crippen molar-refractivity contribution in [2.45, 2.75) is 268 Å². The van der Waals surface area contributed by atoms with Crippen LogP contribution in [0.1, 0.15) is 200 Å². The molecule has 0 aromatic rings. The fourth-order valence-corrected chi connectivity index (χ4v) is 8.36. The second-order valence-corrected chi connectivity index (χ2v) is 19.0. The SMILES string of the molecule is CCCCC/C=C\C/C=C\CCCCCCCCCC(=O)OC(COC(=O)CCCCCCC/C=C\CCCCCCCCC)COC1OC(COC2OC(CO)C(O)C(O)C2O)C(O)C(O)C1O. The summed E-state index contributed by atoms with van der Waals surface area (Å²) in [6, 6.07) is 0. The van der Waals surface area contributed by atoms with Crippen LogP contribution in [0.5, 0.6) is 0 Å². The number of aliphatic hydroxyl groups is 7. The fraction of sp³-hybridized carbons (Fsp3) is 0.852. The highest BCUT2D eigenvalue weighted by Gasteiger charge is 2.47. The van der Waals surface area contributed by atoms with E-state index in [1.165, 1.54) is 70.6 Å². The van der Waals surface area contributed by atoms with E-state index in [1.54, 1.807) is 0 Å². The van der Waals surface area contributed by atoms with Crippen LogP contribution in [-0.4, -0.2) is 142 Å². The third-order valence-electron chi connectivity index (χ3n) is 12.8. The molecule has 2 aliphatic heterocycles. The first-order valence-corrected chi connectivity index (χ1v) is 27.1. The number of hydrogen-bond acceptors (Lipinski definition) is 15. The van der Waals surface area contributed by atoms with Gasteiger partial charge in [0.25, 0.3) is 0 Å². The molecule has 0 spiro atoms. The first-order chi connectivity index (χ1) is 33.5. The monoisotopic (exact) mass is 985 g/mol. The largest absolute Gasteiger partial charge is 0.462 e. The van der Waals surface area contributed by atoms with E-state index in [0.717, 1.165) is 89.9 Å². The van der Waals surface area contributed by atoms with Gasteiger partial charge < -0.3 is 64.2 Å². The Bertz CT molecular complexity index is 1340. The molecule has 15 nitrogen and oxygen atoms in total. The lowest BCUT2D eigenvalue weighted by Crippen LogP contribution is -2.61. The van der Waals surface area contributed by atoms with E-state index in [0.29, 0.717) is 12.8 Å². The smallest absolute Gasteiger partial charge is 0.306 e. The zero-order valence-electron chi connectivity index (χ0n) is 42.5. The second kappa shape index (κ2) is 41.2. The molecule has 2 aliphatic rings. The molecule has 0 aliphatic carbocycles. The van der Waals surface area contributed by atoms with Crippen molar-refractivity contribution in [1.29, 1.82) is 0 Å². The number of aliphatic hydroxyl groups excluding tert-OH is 7. The molecule has 0 aromatic carbocycles. The standard InChI is InChI=1S/C54H96O15/c1-3-5-7-9-11-13-15-17-19-21-23-25-27-29-31-33-35-37-46(57)67-42(39-64-45(56)36-34-32-30-28-26-24-22-20-18-16-14-12-10-8-6-4-2)40-65-53-52(63)50(61)48(59)44(69-53)41-66-54-51(62)49(60)47(58)43(38-55)68-54/h11,13,17,19-20,22,42-44,47-55,58-63H,3-10,12,14-16,18,21,23-41H2,1-2H3/b13-11-,19-17-,22-20-. The zero-order valence-corrected chi connectivity index (χ0v) is 42.5. The van der Waals surface area contributed by atoms with Crippen LogP contribution in [0.4, 0.5) is 0 Å². The maximum atomic E-state index is 13.0. The Hall–Kier alpha value is -2.28. The van der Waals surface area contributed by atoms with Gasteiger partial charge in [-0.05, 0) is 70.6 Å². The zero-order chi connectivity index (χ0) is 50.3. The van der Waals surface area contributed by atoms with Gasteiger partial charge in [-0.25, -0.2) is 0 Å². The van der Waals surface area contributed by atoms with Crippen molar-refractivity contribution in [2.75, 3.05) is 26.4 Å². The lowest BCUT2D eigenvalue weighted by Gasteiger charge is -2.42. The molecule has 7 N–H and O–H groups in total. The van der Waals surface area contributed by atoms with Crippen molar-refractivity contribution in [3.63, 3.8) is 0 Å². The van der Waals surface area contributed by atoms with Crippen LogP contribution in [0.3, 0.4) is 0 Å². The van der Waals surface area contributed by atoms with Gasteiger partial charge in [-0.1, -0.05) is 153 Å². The van der Waals surface area contributed by atoms with Gasteiger partial charge in [-0.2, -0.15) is 0 Å². The summed E-state index contributed by atoms with van der Waals surface area (Å²) in [7, 11) is 0. The maximum absolute atomic E-state index is 13.0. The molecule has 11 atom stereocenters. The third kappa shape index (κ3) is 29.1. The van der Waals surface area contributed by atoms with E-state index in [9.17, 15) is 45.3 Å². The molecule has 0 radical (unpaired) electrons. The predicted octanol–water partition coefficient (Wildman–Crippen LogP) is 8.10. The first kappa shape index (κ1) is 62.8. The van der Waals surface area contributed by atoms with E-state index < -0.39 is 92.7 Å². The van der Waals surface area contributed by atoms with Gasteiger partial charge in [0.1, 0.15) is 55.4 Å². The van der Waals surface area contributed by atoms with Crippen LogP contribution < -0.4 is 0 Å². The summed E-state index contributed by atoms with van der Waals surface area (Å²) in [5, 5.41) is 72.1. The van der Waals surface area contributed by atoms with Crippen LogP contribution in [0.15, 0.2) is 36.5 Å². The van der Waals surface area contributed by atoms with Gasteiger partial charge in [-0.15, -0.1) is 0 Å². The van der Waals surface area contributed by atoms with Gasteiger partial charge in [0, 0.05) is 12.8 Å². The minimum atomic E-state index is -1.77. The lowest BCUT2D eigenvalue weighted by atomic mass is 9.98. The molecule has 11 unspecified atom stereocenters. The predicted molar refractivity (Wildman–Crippen MR) is 266 cm³/mol. The summed E-state index contributed by atoms with van der Waals surface area (Å²) >= 11 is 0. The molecular weight excluding hydrogens is 889 g/mol. The van der Waals surface area contributed by atoms with Crippen LogP contribution in [0, 0.1) is 0 Å². The number of ether oxygens (including phenoxy) is 6. The Kier molecular flexibility index (Phi) is 37.5. The summed E-state index contributed by atoms with van der Waals surface area (Å²) in [5.41, 5.74) is 0. The van der Waals surface area contributed by atoms with Crippen molar-refractivity contribution in [3.05, 3.63) is 36.5 Å². The molecule has 0 aromatic heterocycles. The van der Waals surface area contributed by atoms with Crippen molar-refractivity contribution in [1.82, 2.24) is 0 Å². The molecule has 69 heavy (non-hydrogen) atoms. The average molecular weight is 985 g/mol. The number of unbranched alkanes of at least 4 members (excludes halogenated alkanes) is 22. The number of carbonyl (C=O) groups excluding carboxylic acids is 2. The first-order valence-electron chi connectivity index (χ1n) is 27.1. The second-order valence-electron chi connectivity index (χ2n) is 19.0. The van der Waals surface area contributed by atoms with E-state index in [1.807, 2.05) is 0 Å². The minimum Gasteiger partial charge on any atom is -0.462 e. The van der Waals surface area contributed by atoms with Crippen molar-refractivity contribution < 1.29 is 73.8 Å². The molecule has 402 valence electrons. The summed E-state index contributed by atoms with van der Waals surface area (Å²) in [6.07, 6.45) is 27.3. The van der Waals surface area contributed by atoms with Crippen molar-refractivity contribution >= 4 is 11.9 Å². The molecule has 0 bridgehead atoms. The fourth-order valence-electron chi connectivity index (χ4n) is 8.36. The Labute approximate surface area is 415 Å². The Morgan fingerprint density at radius 1 is 0.464 bits per heavy atom. The van der Waals surface area contributed by atoms with Crippen LogP contribution in [0.2, 0.25) is 0 Å². The highest BCUT2D eigenvalue weighted by molar-refractivity contribution is 5.70. The third-order valence-corrected chi connectivity index (χ3v) is 12.8. The molecule has 2 fully saturated rings. The lowest BCUT2D eigenvalue weighted by molar-refractivity contribution is -0.332. The summed E-state index contributed by atoms with van der Waals surface area (Å²) in [6.45, 7) is 2.56. The van der Waals surface area contributed by atoms with E-state index >= 15 is 0 Å². The molecule has 2 saturated heterocycles. The number of hydrogen-bond donors (Lipinski definition) is 7. The Balaban J connectivity index is 1.80. The van der Waals surface area contributed by atoms with Gasteiger partial charge in [-0.3, -0.25) is 9.59 Å². The topological polar surface area (TPSA) is 231 Å². The number of rotatable bonds is 42. The van der Waals surface area contributed by atoms with Crippen molar-refractivity contribution in [2.24, 2.45) is 0 Å². The molecule has 2 rings (SSSR count). The number of esters is 2. The van der Waals surface area contributed by atoms with Gasteiger partial charge in [0.05, 0.1) is 19.8 Å². The average Bonchev–Trinajstić information content (AvgIpc) is 3.34. The van der Waals surface area contributed by atoms with Crippen molar-refractivity contribution in [3.8, 4) is 0 Å². The quantitative estimate of drug-likeness (QED) is 0.0174. The molecule has 15 heteroatoms. The molecule has 0 saturated carbocycles. The van der Waals surface area contributed by atoms with Crippen LogP contribution in [-0.2, 0) is 38.0 Å². The van der Waals surface area contributed by atoms with Gasteiger partial charge >= 0.3 is 11.9 Å². The maximum Gasteiger partial charge on any atom is 0.306 e. The Morgan fingerprint density at radius 2 is 0.870 bits per heavy atom.